The lowest BCUT2D eigenvalue weighted by Crippen LogP contribution is -2.21. The van der Waals surface area contributed by atoms with E-state index in [9.17, 15) is 0 Å². The van der Waals surface area contributed by atoms with Gasteiger partial charge < -0.3 is 5.32 Å². The van der Waals surface area contributed by atoms with Gasteiger partial charge in [-0.2, -0.15) is 0 Å². The molecule has 0 saturated carbocycles. The minimum absolute atomic E-state index is 0.209. The smallest absolute Gasteiger partial charge is 0.0349 e. The molecule has 1 aromatic carbocycles. The molecule has 0 spiro atoms. The fourth-order valence-electron chi connectivity index (χ4n) is 2.69. The Morgan fingerprint density at radius 1 is 1.10 bits per heavy atom. The number of fused-ring (bicyclic) bond motifs is 1. The van der Waals surface area contributed by atoms with Crippen molar-refractivity contribution in [2.45, 2.75) is 72.4 Å². The summed E-state index contributed by atoms with van der Waals surface area (Å²) in [6.07, 6.45) is 0. The summed E-state index contributed by atoms with van der Waals surface area (Å²) in [6, 6.07) is 7.55. The Morgan fingerprint density at radius 2 is 1.76 bits per heavy atom. The van der Waals surface area contributed by atoms with Crippen molar-refractivity contribution in [1.29, 1.82) is 0 Å². The average molecular weight is 304 g/mol. The molecule has 0 saturated heterocycles. The highest BCUT2D eigenvalue weighted by Gasteiger charge is 2.19. The quantitative estimate of drug-likeness (QED) is 0.750. The van der Waals surface area contributed by atoms with Gasteiger partial charge in [-0.3, -0.25) is 0 Å². The van der Waals surface area contributed by atoms with Crippen LogP contribution in [0.3, 0.4) is 0 Å². The van der Waals surface area contributed by atoms with Gasteiger partial charge in [-0.1, -0.05) is 54.5 Å². The molecule has 2 aromatic rings. The third kappa shape index (κ3) is 3.67. The Hall–Kier alpha value is -0.860. The molecule has 21 heavy (non-hydrogen) atoms. The fraction of sp³-hybridized carbons (Fsp3) is 0.579. The Balaban J connectivity index is 2.53. The number of benzene rings is 1. The topological polar surface area (TPSA) is 12.0 Å². The maximum absolute atomic E-state index is 3.57. The summed E-state index contributed by atoms with van der Waals surface area (Å²) in [7, 11) is 0. The van der Waals surface area contributed by atoms with Crippen molar-refractivity contribution in [2.75, 3.05) is 0 Å². The lowest BCUT2D eigenvalue weighted by Gasteiger charge is -2.19. The lowest BCUT2D eigenvalue weighted by molar-refractivity contribution is 0.589. The zero-order valence-electron chi connectivity index (χ0n) is 14.5. The number of rotatable bonds is 4. The van der Waals surface area contributed by atoms with Crippen LogP contribution in [0, 0.1) is 0 Å². The van der Waals surface area contributed by atoms with Crippen LogP contribution in [0.1, 0.15) is 70.4 Å². The van der Waals surface area contributed by atoms with Gasteiger partial charge in [-0.05, 0) is 40.0 Å². The van der Waals surface area contributed by atoms with E-state index < -0.39 is 0 Å². The van der Waals surface area contributed by atoms with E-state index >= 15 is 0 Å². The molecule has 1 heterocycles. The highest BCUT2D eigenvalue weighted by Crippen LogP contribution is 2.38. The number of nitrogens with one attached hydrogen (secondary N) is 1. The lowest BCUT2D eigenvalue weighted by atomic mass is 9.85. The van der Waals surface area contributed by atoms with Gasteiger partial charge in [0.25, 0.3) is 0 Å². The van der Waals surface area contributed by atoms with Crippen molar-refractivity contribution >= 4 is 21.4 Å². The first-order chi connectivity index (χ1) is 9.70. The minimum atomic E-state index is 0.209. The molecule has 0 aliphatic heterocycles. The van der Waals surface area contributed by atoms with Crippen molar-refractivity contribution in [3.05, 3.63) is 34.2 Å². The Morgan fingerprint density at radius 3 is 2.29 bits per heavy atom. The second-order valence-corrected chi connectivity index (χ2v) is 8.73. The standard InChI is InChI=1S/C19H29NS/c1-12(2)18-15-10-14(19(5,6)7)8-9-16(15)21-17(18)11-20-13(3)4/h8-10,12-13,20H,11H2,1-7H3. The van der Waals surface area contributed by atoms with Gasteiger partial charge in [-0.25, -0.2) is 0 Å². The summed E-state index contributed by atoms with van der Waals surface area (Å²) in [5.41, 5.74) is 3.17. The summed E-state index contributed by atoms with van der Waals surface area (Å²) in [6.45, 7) is 16.9. The van der Waals surface area contributed by atoms with Gasteiger partial charge in [0.05, 0.1) is 0 Å². The van der Waals surface area contributed by atoms with Gasteiger partial charge in [0.15, 0.2) is 0 Å². The molecule has 0 bridgehead atoms. The van der Waals surface area contributed by atoms with E-state index in [0.717, 1.165) is 6.54 Å². The maximum atomic E-state index is 3.57. The molecule has 0 aliphatic rings. The van der Waals surface area contributed by atoms with Crippen LogP contribution in [0.15, 0.2) is 18.2 Å². The molecule has 116 valence electrons. The zero-order valence-corrected chi connectivity index (χ0v) is 15.3. The summed E-state index contributed by atoms with van der Waals surface area (Å²) >= 11 is 1.95. The molecular formula is C19H29NS. The second-order valence-electron chi connectivity index (χ2n) is 7.59. The average Bonchev–Trinajstić information content (AvgIpc) is 2.72. The summed E-state index contributed by atoms with van der Waals surface area (Å²) in [5, 5.41) is 5.03. The van der Waals surface area contributed by atoms with Crippen molar-refractivity contribution in [3.63, 3.8) is 0 Å². The molecule has 2 heteroatoms. The number of hydrogen-bond acceptors (Lipinski definition) is 2. The van der Waals surface area contributed by atoms with E-state index in [4.69, 9.17) is 0 Å². The van der Waals surface area contributed by atoms with Crippen LogP contribution >= 0.6 is 11.3 Å². The largest absolute Gasteiger partial charge is 0.310 e. The minimum Gasteiger partial charge on any atom is -0.310 e. The van der Waals surface area contributed by atoms with E-state index in [-0.39, 0.29) is 5.41 Å². The molecule has 1 aromatic heterocycles. The van der Waals surface area contributed by atoms with Crippen molar-refractivity contribution in [2.24, 2.45) is 0 Å². The predicted octanol–water partition coefficient (Wildman–Crippen LogP) is 5.82. The van der Waals surface area contributed by atoms with E-state index in [1.807, 2.05) is 11.3 Å². The van der Waals surface area contributed by atoms with Crippen molar-refractivity contribution in [3.8, 4) is 0 Å². The summed E-state index contributed by atoms with van der Waals surface area (Å²) in [5.74, 6) is 0.568. The first kappa shape index (κ1) is 16.5. The molecule has 0 atom stereocenters. The summed E-state index contributed by atoms with van der Waals surface area (Å²) in [4.78, 5) is 1.50. The molecule has 0 unspecified atom stereocenters. The van der Waals surface area contributed by atoms with E-state index in [0.29, 0.717) is 12.0 Å². The van der Waals surface area contributed by atoms with Crippen LogP contribution in [0.2, 0.25) is 0 Å². The first-order valence-electron chi connectivity index (χ1n) is 7.99. The van der Waals surface area contributed by atoms with E-state index in [1.165, 1.54) is 26.1 Å². The maximum Gasteiger partial charge on any atom is 0.0349 e. The normalized spacial score (nSPS) is 12.8. The molecule has 2 rings (SSSR count). The Bertz CT molecular complexity index is 614. The van der Waals surface area contributed by atoms with Crippen LogP contribution < -0.4 is 5.32 Å². The van der Waals surface area contributed by atoms with Crippen LogP contribution in [0.5, 0.6) is 0 Å². The zero-order chi connectivity index (χ0) is 15.8. The van der Waals surface area contributed by atoms with Gasteiger partial charge in [0.1, 0.15) is 0 Å². The summed E-state index contributed by atoms with van der Waals surface area (Å²) < 4.78 is 1.42. The highest BCUT2D eigenvalue weighted by atomic mass is 32.1. The van der Waals surface area contributed by atoms with Gasteiger partial charge in [0.2, 0.25) is 0 Å². The molecule has 0 fully saturated rings. The Kier molecular flexibility index (Phi) is 4.79. The first-order valence-corrected chi connectivity index (χ1v) is 8.81. The van der Waals surface area contributed by atoms with Crippen LogP contribution in [-0.2, 0) is 12.0 Å². The van der Waals surface area contributed by atoms with Gasteiger partial charge >= 0.3 is 0 Å². The third-order valence-corrected chi connectivity index (χ3v) is 5.10. The second kappa shape index (κ2) is 6.10. The Labute approximate surface area is 133 Å². The molecule has 0 amide bonds. The highest BCUT2D eigenvalue weighted by molar-refractivity contribution is 7.19. The van der Waals surface area contributed by atoms with Crippen LogP contribution in [0.4, 0.5) is 0 Å². The van der Waals surface area contributed by atoms with Gasteiger partial charge in [0, 0.05) is 22.2 Å². The molecule has 1 nitrogen and oxygen atoms in total. The van der Waals surface area contributed by atoms with E-state index in [1.54, 1.807) is 0 Å². The SMILES string of the molecule is CC(C)NCc1sc2ccc(C(C)(C)C)cc2c1C(C)C. The molecule has 0 aliphatic carbocycles. The van der Waals surface area contributed by atoms with E-state index in [2.05, 4.69) is 72.0 Å². The van der Waals surface area contributed by atoms with Crippen LogP contribution in [0.25, 0.3) is 10.1 Å². The van der Waals surface area contributed by atoms with Crippen LogP contribution in [-0.4, -0.2) is 6.04 Å². The van der Waals surface area contributed by atoms with Crippen molar-refractivity contribution < 1.29 is 0 Å². The molecule has 0 radical (unpaired) electrons. The number of hydrogen-bond donors (Lipinski definition) is 1. The van der Waals surface area contributed by atoms with Gasteiger partial charge in [-0.15, -0.1) is 11.3 Å². The number of thiophene rings is 1. The monoisotopic (exact) mass is 303 g/mol. The predicted molar refractivity (Wildman–Crippen MR) is 96.6 cm³/mol. The fourth-order valence-corrected chi connectivity index (χ4v) is 3.99. The third-order valence-electron chi connectivity index (χ3n) is 3.92. The molecule has 1 N–H and O–H groups in total. The van der Waals surface area contributed by atoms with Crippen molar-refractivity contribution in [1.82, 2.24) is 5.32 Å². The molecular weight excluding hydrogens is 274 g/mol.